The molecule has 2 heterocycles. The topological polar surface area (TPSA) is 49.7 Å². The monoisotopic (exact) mass is 236 g/mol. The van der Waals surface area contributed by atoms with Crippen LogP contribution < -0.4 is 0 Å². The minimum atomic E-state index is -0.498. The highest BCUT2D eigenvalue weighted by molar-refractivity contribution is 8.17. The van der Waals surface area contributed by atoms with E-state index in [0.29, 0.717) is 17.6 Å². The summed E-state index contributed by atoms with van der Waals surface area (Å²) in [5, 5.41) is 19.1. The Morgan fingerprint density at radius 3 is 2.50 bits per heavy atom. The third-order valence-electron chi connectivity index (χ3n) is 2.50. The van der Waals surface area contributed by atoms with Gasteiger partial charge >= 0.3 is 0 Å². The van der Waals surface area contributed by atoms with Crippen LogP contribution in [0, 0.1) is 0 Å². The van der Waals surface area contributed by atoms with Crippen molar-refractivity contribution in [2.24, 2.45) is 0 Å². The maximum atomic E-state index is 9.78. The molecule has 2 rings (SSSR count). The van der Waals surface area contributed by atoms with Crippen molar-refractivity contribution in [1.29, 1.82) is 0 Å². The molecular formula is C9H16O3S2. The van der Waals surface area contributed by atoms with Gasteiger partial charge in [-0.25, -0.2) is 0 Å². The molecule has 0 aromatic carbocycles. The second-order valence-corrected chi connectivity index (χ2v) is 6.52. The van der Waals surface area contributed by atoms with Gasteiger partial charge in [-0.3, -0.25) is 0 Å². The molecule has 2 aliphatic rings. The number of ether oxygens (including phenoxy) is 1. The summed E-state index contributed by atoms with van der Waals surface area (Å²) in [4.78, 5) is 0. The van der Waals surface area contributed by atoms with E-state index in [0.717, 1.165) is 11.5 Å². The van der Waals surface area contributed by atoms with Crippen molar-refractivity contribution in [1.82, 2.24) is 0 Å². The number of aliphatic hydroxyl groups is 2. The molecule has 0 aliphatic carbocycles. The Labute approximate surface area is 92.6 Å². The van der Waals surface area contributed by atoms with Crippen molar-refractivity contribution >= 4 is 23.5 Å². The SMILES string of the molecule is O[C@@H]1CO[C@H](C2SCCCS2)[C@H](O)C1. The van der Waals surface area contributed by atoms with Crippen LogP contribution >= 0.6 is 23.5 Å². The smallest absolute Gasteiger partial charge is 0.105 e. The predicted octanol–water partition coefficient (Wildman–Crippen LogP) is 0.693. The van der Waals surface area contributed by atoms with Crippen molar-refractivity contribution in [3.05, 3.63) is 0 Å². The molecular weight excluding hydrogens is 220 g/mol. The molecule has 0 amide bonds. The fraction of sp³-hybridized carbons (Fsp3) is 1.00. The molecule has 2 N–H and O–H groups in total. The average molecular weight is 236 g/mol. The maximum absolute atomic E-state index is 9.78. The Morgan fingerprint density at radius 1 is 1.14 bits per heavy atom. The Hall–Kier alpha value is 0.580. The van der Waals surface area contributed by atoms with Gasteiger partial charge in [-0.15, -0.1) is 23.5 Å². The molecule has 14 heavy (non-hydrogen) atoms. The summed E-state index contributed by atoms with van der Waals surface area (Å²) in [5.41, 5.74) is 0. The maximum Gasteiger partial charge on any atom is 0.105 e. The van der Waals surface area contributed by atoms with Crippen molar-refractivity contribution in [2.75, 3.05) is 18.1 Å². The van der Waals surface area contributed by atoms with Crippen LogP contribution in [0.5, 0.6) is 0 Å². The number of rotatable bonds is 1. The highest BCUT2D eigenvalue weighted by atomic mass is 32.2. The molecule has 3 nitrogen and oxygen atoms in total. The van der Waals surface area contributed by atoms with E-state index >= 15 is 0 Å². The minimum absolute atomic E-state index is 0.0892. The molecule has 0 unspecified atom stereocenters. The Kier molecular flexibility index (Phi) is 4.01. The summed E-state index contributed by atoms with van der Waals surface area (Å²) in [7, 11) is 0. The number of hydrogen-bond donors (Lipinski definition) is 2. The van der Waals surface area contributed by atoms with Crippen molar-refractivity contribution in [3.8, 4) is 0 Å². The van der Waals surface area contributed by atoms with Gasteiger partial charge in [0.25, 0.3) is 0 Å². The molecule has 0 aromatic heterocycles. The average Bonchev–Trinajstić information content (AvgIpc) is 2.19. The molecule has 2 aliphatic heterocycles. The van der Waals surface area contributed by atoms with E-state index in [1.54, 1.807) is 0 Å². The summed E-state index contributed by atoms with van der Waals surface area (Å²) < 4.78 is 5.85. The van der Waals surface area contributed by atoms with E-state index in [1.165, 1.54) is 6.42 Å². The molecule has 0 spiro atoms. The predicted molar refractivity (Wildman–Crippen MR) is 59.7 cm³/mol. The molecule has 0 saturated carbocycles. The first-order chi connectivity index (χ1) is 6.77. The second-order valence-electron chi connectivity index (χ2n) is 3.72. The highest BCUT2D eigenvalue weighted by Gasteiger charge is 2.36. The summed E-state index contributed by atoms with van der Waals surface area (Å²) in [5.74, 6) is 2.32. The molecule has 0 bridgehead atoms. The van der Waals surface area contributed by atoms with Crippen molar-refractivity contribution in [2.45, 2.75) is 35.7 Å². The first-order valence-electron chi connectivity index (χ1n) is 4.98. The normalized spacial score (nSPS) is 41.1. The lowest BCUT2D eigenvalue weighted by Gasteiger charge is -2.37. The number of thioether (sulfide) groups is 2. The van der Waals surface area contributed by atoms with Crippen LogP contribution in [0.15, 0.2) is 0 Å². The fourth-order valence-corrected chi connectivity index (χ4v) is 4.90. The van der Waals surface area contributed by atoms with Gasteiger partial charge in [-0.2, -0.15) is 0 Å². The molecule has 82 valence electrons. The van der Waals surface area contributed by atoms with Crippen LogP contribution in [0.25, 0.3) is 0 Å². The van der Waals surface area contributed by atoms with Gasteiger partial charge in [0.15, 0.2) is 0 Å². The van der Waals surface area contributed by atoms with Crippen LogP contribution in [-0.4, -0.2) is 51.2 Å². The lowest BCUT2D eigenvalue weighted by atomic mass is 10.1. The van der Waals surface area contributed by atoms with Crippen LogP contribution in [0.2, 0.25) is 0 Å². The van der Waals surface area contributed by atoms with E-state index in [1.807, 2.05) is 23.5 Å². The zero-order valence-electron chi connectivity index (χ0n) is 7.96. The second kappa shape index (κ2) is 5.07. The largest absolute Gasteiger partial charge is 0.391 e. The van der Waals surface area contributed by atoms with Crippen molar-refractivity contribution < 1.29 is 14.9 Å². The Morgan fingerprint density at radius 2 is 1.86 bits per heavy atom. The van der Waals surface area contributed by atoms with Crippen LogP contribution in [0.1, 0.15) is 12.8 Å². The van der Waals surface area contributed by atoms with E-state index in [9.17, 15) is 10.2 Å². The third kappa shape index (κ3) is 2.58. The van der Waals surface area contributed by atoms with Gasteiger partial charge in [-0.1, -0.05) is 0 Å². The molecule has 5 heteroatoms. The molecule has 0 aromatic rings. The highest BCUT2D eigenvalue weighted by Crippen LogP contribution is 2.37. The quantitative estimate of drug-likeness (QED) is 0.701. The summed E-state index contributed by atoms with van der Waals surface area (Å²) >= 11 is 3.74. The van der Waals surface area contributed by atoms with Gasteiger partial charge in [0, 0.05) is 6.42 Å². The zero-order valence-corrected chi connectivity index (χ0v) is 9.60. The Bertz CT molecular complexity index is 185. The molecule has 0 radical (unpaired) electrons. The summed E-state index contributed by atoms with van der Waals surface area (Å²) in [6, 6.07) is 0. The van der Waals surface area contributed by atoms with Crippen molar-refractivity contribution in [3.63, 3.8) is 0 Å². The van der Waals surface area contributed by atoms with Gasteiger partial charge in [0.1, 0.15) is 6.10 Å². The van der Waals surface area contributed by atoms with Gasteiger partial charge in [0.2, 0.25) is 0 Å². The van der Waals surface area contributed by atoms with Crippen LogP contribution in [-0.2, 0) is 4.74 Å². The molecule has 2 fully saturated rings. The summed E-state index contributed by atoms with van der Waals surface area (Å²) in [6.07, 6.45) is 0.634. The molecule has 3 atom stereocenters. The zero-order chi connectivity index (χ0) is 9.97. The standard InChI is InChI=1S/C9H16O3S2/c10-6-4-7(11)8(12-5-6)9-13-2-1-3-14-9/h6-11H,1-5H2/t6-,7+,8-/m0/s1. The van der Waals surface area contributed by atoms with E-state index in [4.69, 9.17) is 4.74 Å². The van der Waals surface area contributed by atoms with E-state index in [-0.39, 0.29) is 6.10 Å². The first-order valence-corrected chi connectivity index (χ1v) is 7.08. The van der Waals surface area contributed by atoms with Crippen LogP contribution in [0.4, 0.5) is 0 Å². The lowest BCUT2D eigenvalue weighted by Crippen LogP contribution is -2.46. The summed E-state index contributed by atoms with van der Waals surface area (Å²) in [6.45, 7) is 0.374. The number of hydrogen-bond acceptors (Lipinski definition) is 5. The number of aliphatic hydroxyl groups excluding tert-OH is 2. The van der Waals surface area contributed by atoms with Crippen LogP contribution in [0.3, 0.4) is 0 Å². The van der Waals surface area contributed by atoms with Gasteiger partial charge < -0.3 is 14.9 Å². The van der Waals surface area contributed by atoms with Gasteiger partial charge in [-0.05, 0) is 17.9 Å². The van der Waals surface area contributed by atoms with Gasteiger partial charge in [0.05, 0.1) is 23.4 Å². The van der Waals surface area contributed by atoms with E-state index < -0.39 is 12.2 Å². The third-order valence-corrected chi connectivity index (χ3v) is 5.55. The minimum Gasteiger partial charge on any atom is -0.391 e. The first kappa shape index (κ1) is 11.1. The van der Waals surface area contributed by atoms with E-state index in [2.05, 4.69) is 0 Å². The molecule has 2 saturated heterocycles. The lowest BCUT2D eigenvalue weighted by molar-refractivity contribution is -0.116. The fourth-order valence-electron chi connectivity index (χ4n) is 1.77. The Balaban J connectivity index is 1.89.